The summed E-state index contributed by atoms with van der Waals surface area (Å²) < 4.78 is 32.9. The van der Waals surface area contributed by atoms with Crippen molar-refractivity contribution < 1.29 is 32.1 Å². The number of carbonyl (C=O) groups is 3. The highest BCUT2D eigenvalue weighted by Crippen LogP contribution is 2.01. The summed E-state index contributed by atoms with van der Waals surface area (Å²) in [6.45, 7) is 15.2. The van der Waals surface area contributed by atoms with Gasteiger partial charge in [-0.25, -0.2) is 4.79 Å². The number of amides is 1. The van der Waals surface area contributed by atoms with Gasteiger partial charge in [-0.2, -0.15) is 8.42 Å². The van der Waals surface area contributed by atoms with E-state index in [2.05, 4.69) is 23.8 Å². The molecule has 1 unspecified atom stereocenters. The Kier molecular flexibility index (Phi) is 16.4. The van der Waals surface area contributed by atoms with E-state index in [0.717, 1.165) is 0 Å². The fourth-order valence-corrected chi connectivity index (χ4v) is 2.70. The molecule has 172 valence electrons. The summed E-state index contributed by atoms with van der Waals surface area (Å²) in [4.78, 5) is 32.4. The second-order valence-electron chi connectivity index (χ2n) is 7.09. The van der Waals surface area contributed by atoms with Gasteiger partial charge in [0.1, 0.15) is 0 Å². The summed E-state index contributed by atoms with van der Waals surface area (Å²) >= 11 is 0. The van der Waals surface area contributed by atoms with Crippen LogP contribution in [0.1, 0.15) is 34.1 Å². The lowest BCUT2D eigenvalue weighted by atomic mass is 10.2. The maximum absolute atomic E-state index is 11.1. The number of ether oxygens (including phenoxy) is 1. The van der Waals surface area contributed by atoms with Gasteiger partial charge in [0, 0.05) is 25.1 Å². The van der Waals surface area contributed by atoms with Gasteiger partial charge < -0.3 is 15.4 Å². The van der Waals surface area contributed by atoms with Crippen LogP contribution in [0.15, 0.2) is 37.6 Å². The van der Waals surface area contributed by atoms with Crippen molar-refractivity contribution in [3.8, 4) is 0 Å². The first-order valence-electron chi connectivity index (χ1n) is 9.42. The molecule has 0 aromatic carbocycles. The SMILES string of the molecule is C=CC(=O)OCC(C)C.C=CNC(=O)C=CC1NCCC1=O.CC(C)CS(=O)(=O)O. The molecule has 0 aromatic heterocycles. The standard InChI is InChI=1S/C9H12N2O2.C7H12O2.C4H10O3S/c1-2-10-9(13)4-3-7-8(12)5-6-11-7;1-4-7(8)9-5-6(2)3;1-4(2)3-8(5,6)7/h2-4,7,11H,1,5-6H2,(H,10,13);4,6H,1,5H2,2-3H3;4H,3H2,1-2H3,(H,5,6,7). The predicted octanol–water partition coefficient (Wildman–Crippen LogP) is 1.64. The number of esters is 1. The molecule has 1 aliphatic heterocycles. The number of ketones is 1. The summed E-state index contributed by atoms with van der Waals surface area (Å²) in [5.74, 6) is -0.228. The molecule has 1 atom stereocenters. The average Bonchev–Trinajstić information content (AvgIpc) is 3.02. The topological polar surface area (TPSA) is 139 Å². The maximum atomic E-state index is 11.1. The highest BCUT2D eigenvalue weighted by atomic mass is 32.2. The van der Waals surface area contributed by atoms with Crippen LogP contribution in [0.2, 0.25) is 0 Å². The first-order valence-corrected chi connectivity index (χ1v) is 11.0. The third kappa shape index (κ3) is 20.4. The van der Waals surface area contributed by atoms with Gasteiger partial charge in [0.25, 0.3) is 10.1 Å². The zero-order chi connectivity index (χ0) is 23.7. The third-order valence-corrected chi connectivity index (χ3v) is 4.12. The number of Topliss-reactive ketones (excluding diaryl/α,β-unsaturated/α-hetero) is 1. The van der Waals surface area contributed by atoms with E-state index in [9.17, 15) is 22.8 Å². The fourth-order valence-electron chi connectivity index (χ4n) is 1.86. The van der Waals surface area contributed by atoms with E-state index in [4.69, 9.17) is 9.29 Å². The lowest BCUT2D eigenvalue weighted by Crippen LogP contribution is -2.25. The van der Waals surface area contributed by atoms with Crippen LogP contribution in [0.25, 0.3) is 0 Å². The zero-order valence-electron chi connectivity index (χ0n) is 18.1. The van der Waals surface area contributed by atoms with E-state index in [1.807, 2.05) is 13.8 Å². The van der Waals surface area contributed by atoms with Crippen molar-refractivity contribution in [1.29, 1.82) is 0 Å². The van der Waals surface area contributed by atoms with E-state index >= 15 is 0 Å². The molecule has 1 aliphatic rings. The Labute approximate surface area is 179 Å². The average molecular weight is 447 g/mol. The molecule has 0 bridgehead atoms. The Morgan fingerprint density at radius 1 is 1.27 bits per heavy atom. The highest BCUT2D eigenvalue weighted by Gasteiger charge is 2.20. The summed E-state index contributed by atoms with van der Waals surface area (Å²) in [5.41, 5.74) is 0. The van der Waals surface area contributed by atoms with Gasteiger partial charge in [-0.15, -0.1) is 0 Å². The van der Waals surface area contributed by atoms with Crippen LogP contribution in [0, 0.1) is 11.8 Å². The van der Waals surface area contributed by atoms with Crippen LogP contribution in [-0.4, -0.2) is 55.6 Å². The molecule has 1 heterocycles. The van der Waals surface area contributed by atoms with Crippen LogP contribution in [0.4, 0.5) is 0 Å². The molecular formula is C20H34N2O7S. The van der Waals surface area contributed by atoms with E-state index in [1.165, 1.54) is 18.4 Å². The number of hydrogen-bond acceptors (Lipinski definition) is 7. The van der Waals surface area contributed by atoms with Crippen molar-refractivity contribution in [3.05, 3.63) is 37.6 Å². The second kappa shape index (κ2) is 16.5. The minimum Gasteiger partial charge on any atom is -0.462 e. The molecular weight excluding hydrogens is 412 g/mol. The van der Waals surface area contributed by atoms with Crippen molar-refractivity contribution >= 4 is 27.8 Å². The smallest absolute Gasteiger partial charge is 0.330 e. The summed E-state index contributed by atoms with van der Waals surface area (Å²) in [5, 5.41) is 5.35. The number of nitrogens with one attached hydrogen (secondary N) is 2. The van der Waals surface area contributed by atoms with Gasteiger partial charge >= 0.3 is 5.97 Å². The Hall–Kier alpha value is -2.30. The molecule has 1 saturated heterocycles. The van der Waals surface area contributed by atoms with Gasteiger partial charge in [-0.05, 0) is 18.0 Å². The predicted molar refractivity (Wildman–Crippen MR) is 116 cm³/mol. The molecule has 10 heteroatoms. The maximum Gasteiger partial charge on any atom is 0.330 e. The molecule has 1 amide bonds. The van der Waals surface area contributed by atoms with Crippen LogP contribution in [0.5, 0.6) is 0 Å². The van der Waals surface area contributed by atoms with Crippen molar-refractivity contribution in [2.24, 2.45) is 11.8 Å². The third-order valence-electron chi connectivity index (χ3n) is 3.04. The van der Waals surface area contributed by atoms with Gasteiger partial charge in [0.15, 0.2) is 5.78 Å². The first-order chi connectivity index (χ1) is 13.8. The Morgan fingerprint density at radius 2 is 1.87 bits per heavy atom. The highest BCUT2D eigenvalue weighted by molar-refractivity contribution is 7.85. The molecule has 3 N–H and O–H groups in total. The molecule has 0 spiro atoms. The quantitative estimate of drug-likeness (QED) is 0.290. The van der Waals surface area contributed by atoms with Crippen molar-refractivity contribution in [2.75, 3.05) is 18.9 Å². The van der Waals surface area contributed by atoms with E-state index < -0.39 is 10.1 Å². The summed E-state index contributed by atoms with van der Waals surface area (Å²) in [6.07, 6.45) is 5.91. The minimum atomic E-state index is -3.72. The molecule has 9 nitrogen and oxygen atoms in total. The van der Waals surface area contributed by atoms with Gasteiger partial charge in [-0.1, -0.05) is 46.9 Å². The van der Waals surface area contributed by atoms with Crippen molar-refractivity contribution in [1.82, 2.24) is 10.6 Å². The molecule has 30 heavy (non-hydrogen) atoms. The number of hydrogen-bond donors (Lipinski definition) is 3. The molecule has 0 aromatic rings. The second-order valence-corrected chi connectivity index (χ2v) is 8.59. The minimum absolute atomic E-state index is 0.00463. The zero-order valence-corrected chi connectivity index (χ0v) is 18.9. The van der Waals surface area contributed by atoms with Crippen LogP contribution >= 0.6 is 0 Å². The Morgan fingerprint density at radius 3 is 2.20 bits per heavy atom. The Bertz CT molecular complexity index is 698. The number of rotatable bonds is 8. The molecule has 0 aliphatic carbocycles. The monoisotopic (exact) mass is 446 g/mol. The summed E-state index contributed by atoms with van der Waals surface area (Å²) in [6, 6.07) is -0.296. The Balaban J connectivity index is 0. The fraction of sp³-hybridized carbons (Fsp3) is 0.550. The lowest BCUT2D eigenvalue weighted by molar-refractivity contribution is -0.138. The van der Waals surface area contributed by atoms with Crippen LogP contribution < -0.4 is 10.6 Å². The van der Waals surface area contributed by atoms with E-state index in [0.29, 0.717) is 25.5 Å². The molecule has 0 saturated carbocycles. The molecule has 1 rings (SSSR count). The largest absolute Gasteiger partial charge is 0.462 e. The summed E-state index contributed by atoms with van der Waals surface area (Å²) in [7, 11) is -3.72. The first kappa shape index (κ1) is 29.9. The van der Waals surface area contributed by atoms with E-state index in [1.54, 1.807) is 19.9 Å². The lowest BCUT2D eigenvalue weighted by Gasteiger charge is -2.02. The van der Waals surface area contributed by atoms with Gasteiger partial charge in [0.2, 0.25) is 5.91 Å². The van der Waals surface area contributed by atoms with E-state index in [-0.39, 0.29) is 35.4 Å². The van der Waals surface area contributed by atoms with Crippen LogP contribution in [-0.2, 0) is 29.2 Å². The number of carbonyl (C=O) groups excluding carboxylic acids is 3. The van der Waals surface area contributed by atoms with Crippen molar-refractivity contribution in [2.45, 2.75) is 40.2 Å². The molecule has 0 radical (unpaired) electrons. The van der Waals surface area contributed by atoms with Gasteiger partial charge in [0.05, 0.1) is 18.4 Å². The normalized spacial score (nSPS) is 15.7. The van der Waals surface area contributed by atoms with Crippen LogP contribution in [0.3, 0.4) is 0 Å². The van der Waals surface area contributed by atoms with Gasteiger partial charge in [-0.3, -0.25) is 14.1 Å². The molecule has 1 fully saturated rings. The van der Waals surface area contributed by atoms with Crippen molar-refractivity contribution in [3.63, 3.8) is 0 Å².